The highest BCUT2D eigenvalue weighted by Gasteiger charge is 2.31. The third-order valence-electron chi connectivity index (χ3n) is 5.81. The second kappa shape index (κ2) is 9.13. The number of piperidine rings is 1. The van der Waals surface area contributed by atoms with Crippen LogP contribution in [0, 0.1) is 5.92 Å². The van der Waals surface area contributed by atoms with Crippen molar-refractivity contribution in [3.63, 3.8) is 0 Å². The van der Waals surface area contributed by atoms with Gasteiger partial charge in [0.2, 0.25) is 0 Å². The number of hydrogen-bond acceptors (Lipinski definition) is 6. The van der Waals surface area contributed by atoms with Crippen LogP contribution in [0.3, 0.4) is 0 Å². The van der Waals surface area contributed by atoms with Gasteiger partial charge in [0.1, 0.15) is 17.3 Å². The van der Waals surface area contributed by atoms with Gasteiger partial charge in [-0.1, -0.05) is 0 Å². The number of amides is 1. The van der Waals surface area contributed by atoms with Crippen LogP contribution in [0.1, 0.15) is 33.6 Å². The van der Waals surface area contributed by atoms with Gasteiger partial charge < -0.3 is 20.1 Å². The molecule has 0 saturated carbocycles. The molecule has 1 aliphatic heterocycles. The zero-order valence-electron chi connectivity index (χ0n) is 18.2. The van der Waals surface area contributed by atoms with E-state index >= 15 is 0 Å². The first-order valence-electron chi connectivity index (χ1n) is 10.5. The van der Waals surface area contributed by atoms with Crippen LogP contribution in [-0.2, 0) is 0 Å². The number of carbonyl (C=O) groups is 2. The number of nitrogens with zero attached hydrogens (tertiary/aromatic N) is 3. The van der Waals surface area contributed by atoms with Gasteiger partial charge in [0, 0.05) is 24.6 Å². The van der Waals surface area contributed by atoms with Crippen molar-refractivity contribution in [3.8, 4) is 17.2 Å². The molecule has 1 saturated heterocycles. The van der Waals surface area contributed by atoms with Crippen molar-refractivity contribution in [2.24, 2.45) is 5.92 Å². The van der Waals surface area contributed by atoms with Crippen LogP contribution in [0.25, 0.3) is 5.69 Å². The first kappa shape index (κ1) is 21.4. The number of anilines is 1. The Kier molecular flexibility index (Phi) is 6.11. The number of benzene rings is 2. The molecule has 0 radical (unpaired) electrons. The molecule has 3 aromatic rings. The lowest BCUT2D eigenvalue weighted by atomic mass is 9.90. The predicted octanol–water partition coefficient (Wildman–Crippen LogP) is 3.21. The lowest BCUT2D eigenvalue weighted by Gasteiger charge is -2.32. The largest absolute Gasteiger partial charge is 0.497 e. The molecule has 0 aliphatic carbocycles. The van der Waals surface area contributed by atoms with E-state index in [-0.39, 0.29) is 17.6 Å². The Morgan fingerprint density at radius 2 is 1.62 bits per heavy atom. The summed E-state index contributed by atoms with van der Waals surface area (Å²) >= 11 is 0. The fraction of sp³-hybridized carbons (Fsp3) is 0.292. The van der Waals surface area contributed by atoms with Gasteiger partial charge in [0.25, 0.3) is 5.91 Å². The minimum absolute atomic E-state index is 0.0884. The second-order valence-corrected chi connectivity index (χ2v) is 7.74. The first-order chi connectivity index (χ1) is 15.5. The van der Waals surface area contributed by atoms with Crippen LogP contribution in [0.5, 0.6) is 11.5 Å². The summed E-state index contributed by atoms with van der Waals surface area (Å²) in [6.45, 7) is 0.978. The van der Waals surface area contributed by atoms with Crippen molar-refractivity contribution in [2.45, 2.75) is 12.8 Å². The summed E-state index contributed by atoms with van der Waals surface area (Å²) in [6.07, 6.45) is 2.97. The summed E-state index contributed by atoms with van der Waals surface area (Å²) < 4.78 is 11.9. The molecule has 1 aromatic heterocycles. The van der Waals surface area contributed by atoms with Crippen LogP contribution >= 0.6 is 0 Å². The Morgan fingerprint density at radius 1 is 1.00 bits per heavy atom. The SMILES string of the molecule is COc1ccc(C(=O)N2CCCC(C(=O)c3cnn(-c4ccc(OC)cc4)c3N)C2)cc1. The van der Waals surface area contributed by atoms with E-state index in [1.807, 2.05) is 24.3 Å². The maximum Gasteiger partial charge on any atom is 0.253 e. The lowest BCUT2D eigenvalue weighted by Crippen LogP contribution is -2.42. The van der Waals surface area contributed by atoms with Gasteiger partial charge in [-0.3, -0.25) is 9.59 Å². The number of aromatic nitrogens is 2. The Bertz CT molecular complexity index is 1110. The minimum atomic E-state index is -0.318. The molecule has 2 heterocycles. The van der Waals surface area contributed by atoms with E-state index in [1.165, 1.54) is 10.9 Å². The number of likely N-dealkylation sites (tertiary alicyclic amines) is 1. The molecule has 4 rings (SSSR count). The molecule has 0 spiro atoms. The van der Waals surface area contributed by atoms with Crippen LogP contribution in [0.4, 0.5) is 5.82 Å². The Morgan fingerprint density at radius 3 is 2.25 bits per heavy atom. The number of nitrogen functional groups attached to an aromatic ring is 1. The number of methoxy groups -OCH3 is 2. The number of ketones is 1. The molecule has 166 valence electrons. The molecule has 2 N–H and O–H groups in total. The Balaban J connectivity index is 1.49. The molecule has 8 nitrogen and oxygen atoms in total. The molecular formula is C24H26N4O4. The highest BCUT2D eigenvalue weighted by molar-refractivity contribution is 6.02. The molecule has 32 heavy (non-hydrogen) atoms. The van der Waals surface area contributed by atoms with Gasteiger partial charge in [-0.05, 0) is 61.4 Å². The van der Waals surface area contributed by atoms with Crippen molar-refractivity contribution < 1.29 is 19.1 Å². The zero-order valence-corrected chi connectivity index (χ0v) is 18.2. The summed E-state index contributed by atoms with van der Waals surface area (Å²) in [5.74, 6) is 1.21. The van der Waals surface area contributed by atoms with Crippen molar-refractivity contribution in [2.75, 3.05) is 33.0 Å². The van der Waals surface area contributed by atoms with E-state index in [2.05, 4.69) is 5.10 Å². The number of rotatable bonds is 6. The molecular weight excluding hydrogens is 408 g/mol. The lowest BCUT2D eigenvalue weighted by molar-refractivity contribution is 0.0637. The van der Waals surface area contributed by atoms with Crippen LogP contribution in [0.2, 0.25) is 0 Å². The number of ether oxygens (including phenoxy) is 2. The third-order valence-corrected chi connectivity index (χ3v) is 5.81. The maximum absolute atomic E-state index is 13.2. The highest BCUT2D eigenvalue weighted by atomic mass is 16.5. The van der Waals surface area contributed by atoms with E-state index in [0.29, 0.717) is 42.2 Å². The summed E-state index contributed by atoms with van der Waals surface area (Å²) in [6, 6.07) is 14.3. The third kappa shape index (κ3) is 4.16. The Hall–Kier alpha value is -3.81. The second-order valence-electron chi connectivity index (χ2n) is 7.74. The number of nitrogens with two attached hydrogens (primary N) is 1. The van der Waals surface area contributed by atoms with Crippen LogP contribution in [0.15, 0.2) is 54.7 Å². The Labute approximate surface area is 186 Å². The highest BCUT2D eigenvalue weighted by Crippen LogP contribution is 2.27. The monoisotopic (exact) mass is 434 g/mol. The van der Waals surface area contributed by atoms with Crippen molar-refractivity contribution in [1.82, 2.24) is 14.7 Å². The van der Waals surface area contributed by atoms with Crippen LogP contribution < -0.4 is 15.2 Å². The molecule has 1 atom stereocenters. The summed E-state index contributed by atoms with van der Waals surface area (Å²) in [4.78, 5) is 27.9. The van der Waals surface area contributed by atoms with Gasteiger partial charge in [0.05, 0.1) is 31.7 Å². The fourth-order valence-corrected chi connectivity index (χ4v) is 3.99. The van der Waals surface area contributed by atoms with Gasteiger partial charge >= 0.3 is 0 Å². The molecule has 1 fully saturated rings. The van der Waals surface area contributed by atoms with E-state index in [1.54, 1.807) is 43.4 Å². The topological polar surface area (TPSA) is 99.7 Å². The number of carbonyl (C=O) groups excluding carboxylic acids is 2. The van der Waals surface area contributed by atoms with E-state index in [0.717, 1.165) is 17.9 Å². The molecule has 2 aromatic carbocycles. The molecule has 0 bridgehead atoms. The quantitative estimate of drug-likeness (QED) is 0.598. The normalized spacial score (nSPS) is 15.9. The van der Waals surface area contributed by atoms with E-state index in [9.17, 15) is 9.59 Å². The standard InChI is InChI=1S/C24H26N4O4/c1-31-19-9-5-16(6-10-19)24(30)27-13-3-4-17(15-27)22(29)21-14-26-28(23(21)25)18-7-11-20(32-2)12-8-18/h5-12,14,17H,3-4,13,15,25H2,1-2H3. The summed E-state index contributed by atoms with van der Waals surface area (Å²) in [5.41, 5.74) is 7.97. The predicted molar refractivity (Wildman–Crippen MR) is 120 cm³/mol. The molecule has 1 amide bonds. The van der Waals surface area contributed by atoms with Gasteiger partial charge in [0.15, 0.2) is 5.78 Å². The number of Topliss-reactive ketones (excluding diaryl/α,β-unsaturated/α-hetero) is 1. The zero-order chi connectivity index (χ0) is 22.7. The fourth-order valence-electron chi connectivity index (χ4n) is 3.99. The average molecular weight is 434 g/mol. The average Bonchev–Trinajstić information content (AvgIpc) is 3.24. The van der Waals surface area contributed by atoms with Gasteiger partial charge in [-0.2, -0.15) is 5.10 Å². The minimum Gasteiger partial charge on any atom is -0.497 e. The van der Waals surface area contributed by atoms with E-state index < -0.39 is 0 Å². The van der Waals surface area contributed by atoms with E-state index in [4.69, 9.17) is 15.2 Å². The van der Waals surface area contributed by atoms with Crippen molar-refractivity contribution >= 4 is 17.5 Å². The first-order valence-corrected chi connectivity index (χ1v) is 10.5. The van der Waals surface area contributed by atoms with Gasteiger partial charge in [-0.15, -0.1) is 0 Å². The van der Waals surface area contributed by atoms with Crippen LogP contribution in [-0.4, -0.2) is 53.7 Å². The van der Waals surface area contributed by atoms with Gasteiger partial charge in [-0.25, -0.2) is 4.68 Å². The van der Waals surface area contributed by atoms with Crippen molar-refractivity contribution in [3.05, 3.63) is 65.9 Å². The summed E-state index contributed by atoms with van der Waals surface area (Å²) in [7, 11) is 3.18. The van der Waals surface area contributed by atoms with Crippen molar-refractivity contribution in [1.29, 1.82) is 0 Å². The molecule has 1 aliphatic rings. The molecule has 1 unspecified atom stereocenters. The smallest absolute Gasteiger partial charge is 0.253 e. The maximum atomic E-state index is 13.2. The molecule has 8 heteroatoms. The summed E-state index contributed by atoms with van der Waals surface area (Å²) in [5, 5.41) is 4.31. The number of hydrogen-bond donors (Lipinski definition) is 1.